The minimum absolute atomic E-state index is 0.465. The van der Waals surface area contributed by atoms with Gasteiger partial charge in [-0.05, 0) is 76.2 Å². The van der Waals surface area contributed by atoms with Gasteiger partial charge in [0.2, 0.25) is 0 Å². The largest absolute Gasteiger partial charge is 0.307 e. The van der Waals surface area contributed by atoms with Crippen LogP contribution < -0.4 is 5.32 Å². The zero-order valence-electron chi connectivity index (χ0n) is 13.2. The van der Waals surface area contributed by atoms with Crippen molar-refractivity contribution in [1.29, 1.82) is 0 Å². The topological polar surface area (TPSA) is 15.3 Å². The number of likely N-dealkylation sites (tertiary alicyclic amines) is 1. The van der Waals surface area contributed by atoms with E-state index in [4.69, 9.17) is 0 Å². The molecule has 3 rings (SSSR count). The average molecular weight is 272 g/mol. The Morgan fingerprint density at radius 2 is 1.75 bits per heavy atom. The van der Waals surface area contributed by atoms with Crippen molar-refractivity contribution in [3.63, 3.8) is 0 Å². The van der Waals surface area contributed by atoms with Crippen LogP contribution in [0.5, 0.6) is 0 Å². The first-order valence-electron chi connectivity index (χ1n) is 8.21. The summed E-state index contributed by atoms with van der Waals surface area (Å²) in [6, 6.07) is 8.96. The van der Waals surface area contributed by atoms with Gasteiger partial charge in [-0.15, -0.1) is 0 Å². The second-order valence-electron chi connectivity index (χ2n) is 6.77. The van der Waals surface area contributed by atoms with Gasteiger partial charge in [0.15, 0.2) is 0 Å². The lowest BCUT2D eigenvalue weighted by atomic mass is 9.99. The Labute approximate surface area is 123 Å². The molecule has 1 saturated carbocycles. The molecule has 1 aromatic carbocycles. The van der Waals surface area contributed by atoms with E-state index in [9.17, 15) is 0 Å². The Balaban J connectivity index is 1.53. The molecule has 1 atom stereocenters. The number of hydrogen-bond acceptors (Lipinski definition) is 2. The lowest BCUT2D eigenvalue weighted by Gasteiger charge is -2.34. The molecule has 1 heterocycles. The monoisotopic (exact) mass is 272 g/mol. The Kier molecular flexibility index (Phi) is 4.13. The molecule has 20 heavy (non-hydrogen) atoms. The molecule has 0 aromatic heterocycles. The maximum Gasteiger partial charge on any atom is 0.0294 e. The summed E-state index contributed by atoms with van der Waals surface area (Å²) < 4.78 is 0. The predicted octanol–water partition coefficient (Wildman–Crippen LogP) is 3.58. The van der Waals surface area contributed by atoms with Gasteiger partial charge < -0.3 is 10.2 Å². The standard InChI is InChI=1S/C18H28N2/c1-13-4-5-16(12-14(13)2)15(3)19-17-8-10-20(11-9-17)18-6-7-18/h4-5,12,15,17-19H,6-11H2,1-3H3. The summed E-state index contributed by atoms with van der Waals surface area (Å²) in [7, 11) is 0. The summed E-state index contributed by atoms with van der Waals surface area (Å²) in [6.45, 7) is 9.28. The molecule has 2 heteroatoms. The third-order valence-corrected chi connectivity index (χ3v) is 5.11. The SMILES string of the molecule is Cc1ccc(C(C)NC2CCN(C3CC3)CC2)cc1C. The Bertz CT molecular complexity index is 456. The molecule has 2 nitrogen and oxygen atoms in total. The van der Waals surface area contributed by atoms with E-state index < -0.39 is 0 Å². The number of nitrogens with zero attached hydrogens (tertiary/aromatic N) is 1. The van der Waals surface area contributed by atoms with Crippen molar-refractivity contribution in [2.45, 2.75) is 64.6 Å². The highest BCUT2D eigenvalue weighted by Crippen LogP contribution is 2.29. The molecule has 1 N–H and O–H groups in total. The first kappa shape index (κ1) is 14.1. The van der Waals surface area contributed by atoms with Gasteiger partial charge in [-0.25, -0.2) is 0 Å². The Hall–Kier alpha value is -0.860. The molecule has 0 bridgehead atoms. The zero-order chi connectivity index (χ0) is 14.1. The van der Waals surface area contributed by atoms with E-state index in [1.165, 1.54) is 55.5 Å². The van der Waals surface area contributed by atoms with Gasteiger partial charge in [-0.2, -0.15) is 0 Å². The molecular weight excluding hydrogens is 244 g/mol. The van der Waals surface area contributed by atoms with Crippen LogP contribution in [0.25, 0.3) is 0 Å². The van der Waals surface area contributed by atoms with Crippen LogP contribution >= 0.6 is 0 Å². The molecule has 1 aromatic rings. The van der Waals surface area contributed by atoms with Crippen LogP contribution in [0.15, 0.2) is 18.2 Å². The number of hydrogen-bond donors (Lipinski definition) is 1. The van der Waals surface area contributed by atoms with E-state index in [0.29, 0.717) is 12.1 Å². The highest BCUT2D eigenvalue weighted by Gasteiger charge is 2.31. The summed E-state index contributed by atoms with van der Waals surface area (Å²) in [6.07, 6.45) is 5.51. The maximum absolute atomic E-state index is 3.84. The molecule has 1 aliphatic heterocycles. The summed E-state index contributed by atoms with van der Waals surface area (Å²) in [5, 5.41) is 3.84. The fourth-order valence-corrected chi connectivity index (χ4v) is 3.35. The minimum atomic E-state index is 0.465. The van der Waals surface area contributed by atoms with Gasteiger partial charge in [0.05, 0.1) is 0 Å². The van der Waals surface area contributed by atoms with E-state index in [1.54, 1.807) is 0 Å². The highest BCUT2D eigenvalue weighted by molar-refractivity contribution is 5.31. The van der Waals surface area contributed by atoms with Crippen LogP contribution in [0, 0.1) is 13.8 Å². The molecule has 0 radical (unpaired) electrons. The Morgan fingerprint density at radius 3 is 2.35 bits per heavy atom. The predicted molar refractivity (Wildman–Crippen MR) is 85.1 cm³/mol. The number of piperidine rings is 1. The van der Waals surface area contributed by atoms with Crippen molar-refractivity contribution in [1.82, 2.24) is 10.2 Å². The summed E-state index contributed by atoms with van der Waals surface area (Å²) in [4.78, 5) is 2.69. The normalized spacial score (nSPS) is 22.9. The number of rotatable bonds is 4. The van der Waals surface area contributed by atoms with E-state index in [-0.39, 0.29) is 0 Å². The smallest absolute Gasteiger partial charge is 0.0294 e. The van der Waals surface area contributed by atoms with Gasteiger partial charge in [0.1, 0.15) is 0 Å². The van der Waals surface area contributed by atoms with Gasteiger partial charge in [-0.3, -0.25) is 0 Å². The highest BCUT2D eigenvalue weighted by atomic mass is 15.2. The molecular formula is C18H28N2. The van der Waals surface area contributed by atoms with Crippen LogP contribution in [0.3, 0.4) is 0 Å². The fraction of sp³-hybridized carbons (Fsp3) is 0.667. The van der Waals surface area contributed by atoms with Gasteiger partial charge in [0, 0.05) is 18.1 Å². The van der Waals surface area contributed by atoms with Crippen molar-refractivity contribution in [2.24, 2.45) is 0 Å². The van der Waals surface area contributed by atoms with Gasteiger partial charge in [-0.1, -0.05) is 18.2 Å². The first-order chi connectivity index (χ1) is 9.63. The van der Waals surface area contributed by atoms with Crippen molar-refractivity contribution in [3.05, 3.63) is 34.9 Å². The van der Waals surface area contributed by atoms with E-state index >= 15 is 0 Å². The molecule has 1 aliphatic carbocycles. The van der Waals surface area contributed by atoms with Crippen molar-refractivity contribution >= 4 is 0 Å². The lowest BCUT2D eigenvalue weighted by molar-refractivity contribution is 0.184. The van der Waals surface area contributed by atoms with Crippen LogP contribution in [0.2, 0.25) is 0 Å². The van der Waals surface area contributed by atoms with Crippen molar-refractivity contribution < 1.29 is 0 Å². The Morgan fingerprint density at radius 1 is 1.05 bits per heavy atom. The van der Waals surface area contributed by atoms with E-state index in [0.717, 1.165) is 6.04 Å². The second kappa shape index (κ2) is 5.87. The van der Waals surface area contributed by atoms with Crippen molar-refractivity contribution in [2.75, 3.05) is 13.1 Å². The third kappa shape index (κ3) is 3.24. The average Bonchev–Trinajstić information content (AvgIpc) is 3.27. The molecule has 0 amide bonds. The summed E-state index contributed by atoms with van der Waals surface area (Å²) in [5.74, 6) is 0. The van der Waals surface area contributed by atoms with E-state index in [1.807, 2.05) is 0 Å². The number of nitrogens with one attached hydrogen (secondary N) is 1. The van der Waals surface area contributed by atoms with Gasteiger partial charge in [0.25, 0.3) is 0 Å². The second-order valence-corrected chi connectivity index (χ2v) is 6.77. The first-order valence-corrected chi connectivity index (χ1v) is 8.21. The summed E-state index contributed by atoms with van der Waals surface area (Å²) >= 11 is 0. The zero-order valence-corrected chi connectivity index (χ0v) is 13.2. The molecule has 2 fully saturated rings. The van der Waals surface area contributed by atoms with E-state index in [2.05, 4.69) is 49.2 Å². The van der Waals surface area contributed by atoms with Crippen LogP contribution in [0.4, 0.5) is 0 Å². The molecule has 1 saturated heterocycles. The summed E-state index contributed by atoms with van der Waals surface area (Å²) in [5.41, 5.74) is 4.22. The maximum atomic E-state index is 3.84. The lowest BCUT2D eigenvalue weighted by Crippen LogP contribution is -2.44. The number of benzene rings is 1. The van der Waals surface area contributed by atoms with Crippen LogP contribution in [-0.2, 0) is 0 Å². The minimum Gasteiger partial charge on any atom is -0.307 e. The molecule has 0 spiro atoms. The third-order valence-electron chi connectivity index (χ3n) is 5.11. The van der Waals surface area contributed by atoms with Gasteiger partial charge >= 0.3 is 0 Å². The number of aryl methyl sites for hydroxylation is 2. The molecule has 1 unspecified atom stereocenters. The fourth-order valence-electron chi connectivity index (χ4n) is 3.35. The quantitative estimate of drug-likeness (QED) is 0.901. The van der Waals surface area contributed by atoms with Crippen molar-refractivity contribution in [3.8, 4) is 0 Å². The van der Waals surface area contributed by atoms with Crippen LogP contribution in [0.1, 0.15) is 55.3 Å². The molecule has 2 aliphatic rings. The molecule has 110 valence electrons. The van der Waals surface area contributed by atoms with Crippen LogP contribution in [-0.4, -0.2) is 30.1 Å².